The maximum Gasteiger partial charge on any atom is 0.136 e. The van der Waals surface area contributed by atoms with Gasteiger partial charge in [-0.25, -0.2) is 9.97 Å². The average molecular weight is 280 g/mol. The molecule has 0 bridgehead atoms. The van der Waals surface area contributed by atoms with Gasteiger partial charge in [-0.2, -0.15) is 0 Å². The van der Waals surface area contributed by atoms with E-state index in [1.165, 1.54) is 28.8 Å². The minimum absolute atomic E-state index is 0.333. The number of hydrogen-bond donors (Lipinski definition) is 1. The van der Waals surface area contributed by atoms with Gasteiger partial charge in [-0.1, -0.05) is 24.3 Å². The zero-order valence-electron chi connectivity index (χ0n) is 12.1. The molecule has 2 aromatic rings. The van der Waals surface area contributed by atoms with Crippen molar-refractivity contribution in [1.29, 1.82) is 0 Å². The molecule has 2 N–H and O–H groups in total. The van der Waals surface area contributed by atoms with Gasteiger partial charge in [-0.05, 0) is 36.8 Å². The molecule has 0 radical (unpaired) electrons. The third kappa shape index (κ3) is 2.10. The van der Waals surface area contributed by atoms with E-state index in [1.54, 1.807) is 6.33 Å². The van der Waals surface area contributed by atoms with Gasteiger partial charge in [-0.15, -0.1) is 0 Å². The van der Waals surface area contributed by atoms with Crippen LogP contribution >= 0.6 is 0 Å². The monoisotopic (exact) mass is 280 g/mol. The Morgan fingerprint density at radius 2 is 2.00 bits per heavy atom. The number of nitrogens with zero attached hydrogens (tertiary/aromatic N) is 3. The van der Waals surface area contributed by atoms with Crippen molar-refractivity contribution in [1.82, 2.24) is 9.97 Å². The van der Waals surface area contributed by atoms with Crippen LogP contribution in [0.1, 0.15) is 28.8 Å². The third-order valence-electron chi connectivity index (χ3n) is 4.75. The highest BCUT2D eigenvalue weighted by Crippen LogP contribution is 2.33. The first-order valence-electron chi connectivity index (χ1n) is 7.73. The Hall–Kier alpha value is -1.94. The van der Waals surface area contributed by atoms with Crippen LogP contribution in [0.4, 0.5) is 5.82 Å². The molecule has 4 nitrogen and oxygen atoms in total. The molecule has 1 aromatic heterocycles. The second-order valence-corrected chi connectivity index (χ2v) is 5.97. The van der Waals surface area contributed by atoms with Crippen LogP contribution in [0.5, 0.6) is 0 Å². The molecule has 0 amide bonds. The van der Waals surface area contributed by atoms with E-state index < -0.39 is 0 Å². The van der Waals surface area contributed by atoms with Crippen molar-refractivity contribution >= 4 is 5.82 Å². The van der Waals surface area contributed by atoms with Crippen LogP contribution in [0.2, 0.25) is 0 Å². The lowest BCUT2D eigenvalue weighted by molar-refractivity contribution is 0.553. The third-order valence-corrected chi connectivity index (χ3v) is 4.75. The van der Waals surface area contributed by atoms with Crippen molar-refractivity contribution in [2.75, 3.05) is 11.4 Å². The highest BCUT2D eigenvalue weighted by molar-refractivity contribution is 5.54. The molecule has 0 spiro atoms. The van der Waals surface area contributed by atoms with Gasteiger partial charge in [0, 0.05) is 30.4 Å². The SMILES string of the molecule is NCC1Cc2ccccc2CN1c1ncnc2c1CCC2. The molecule has 0 saturated heterocycles. The molecular formula is C17H20N4. The Morgan fingerprint density at radius 1 is 1.14 bits per heavy atom. The lowest BCUT2D eigenvalue weighted by Gasteiger charge is -2.38. The Kier molecular flexibility index (Phi) is 3.11. The first kappa shape index (κ1) is 12.8. The number of hydrogen-bond acceptors (Lipinski definition) is 4. The predicted octanol–water partition coefficient (Wildman–Crippen LogP) is 1.86. The molecule has 1 atom stereocenters. The molecule has 0 fully saturated rings. The Morgan fingerprint density at radius 3 is 2.86 bits per heavy atom. The summed E-state index contributed by atoms with van der Waals surface area (Å²) in [6.45, 7) is 1.56. The van der Waals surface area contributed by atoms with Gasteiger partial charge in [0.1, 0.15) is 12.1 Å². The number of benzene rings is 1. The van der Waals surface area contributed by atoms with E-state index in [0.29, 0.717) is 12.6 Å². The van der Waals surface area contributed by atoms with Crippen LogP contribution in [0, 0.1) is 0 Å². The number of aryl methyl sites for hydroxylation is 1. The fraction of sp³-hybridized carbons (Fsp3) is 0.412. The standard InChI is InChI=1S/C17H20N4/c18-9-14-8-12-4-1-2-5-13(12)10-21(14)17-15-6-3-7-16(15)19-11-20-17/h1-2,4-5,11,14H,3,6-10,18H2. The van der Waals surface area contributed by atoms with E-state index in [2.05, 4.69) is 39.1 Å². The summed E-state index contributed by atoms with van der Waals surface area (Å²) in [5, 5.41) is 0. The van der Waals surface area contributed by atoms with Crippen LogP contribution < -0.4 is 10.6 Å². The van der Waals surface area contributed by atoms with Crippen LogP contribution in [0.3, 0.4) is 0 Å². The summed E-state index contributed by atoms with van der Waals surface area (Å²) >= 11 is 0. The molecule has 21 heavy (non-hydrogen) atoms. The molecule has 0 saturated carbocycles. The van der Waals surface area contributed by atoms with E-state index in [1.807, 2.05) is 0 Å². The van der Waals surface area contributed by atoms with Gasteiger partial charge in [0.2, 0.25) is 0 Å². The van der Waals surface area contributed by atoms with Crippen molar-refractivity contribution in [2.45, 2.75) is 38.3 Å². The van der Waals surface area contributed by atoms with E-state index in [0.717, 1.165) is 31.6 Å². The van der Waals surface area contributed by atoms with Crippen molar-refractivity contribution in [2.24, 2.45) is 5.73 Å². The summed E-state index contributed by atoms with van der Waals surface area (Å²) in [6.07, 6.45) is 6.10. The molecule has 4 heteroatoms. The van der Waals surface area contributed by atoms with Crippen molar-refractivity contribution < 1.29 is 0 Å². The average Bonchev–Trinajstić information content (AvgIpc) is 3.02. The maximum atomic E-state index is 6.05. The van der Waals surface area contributed by atoms with Gasteiger partial charge >= 0.3 is 0 Å². The summed E-state index contributed by atoms with van der Waals surface area (Å²) in [4.78, 5) is 11.4. The first-order valence-corrected chi connectivity index (χ1v) is 7.73. The molecule has 1 aliphatic heterocycles. The van der Waals surface area contributed by atoms with E-state index in [9.17, 15) is 0 Å². The van der Waals surface area contributed by atoms with Gasteiger partial charge in [0.05, 0.1) is 0 Å². The number of anilines is 1. The number of nitrogens with two attached hydrogens (primary N) is 1. The van der Waals surface area contributed by atoms with Crippen LogP contribution in [-0.2, 0) is 25.8 Å². The molecule has 108 valence electrons. The largest absolute Gasteiger partial charge is 0.347 e. The van der Waals surface area contributed by atoms with Crippen molar-refractivity contribution in [3.8, 4) is 0 Å². The minimum atomic E-state index is 0.333. The molecule has 4 rings (SSSR count). The summed E-state index contributed by atoms with van der Waals surface area (Å²) in [7, 11) is 0. The summed E-state index contributed by atoms with van der Waals surface area (Å²) in [6, 6.07) is 9.00. The van der Waals surface area contributed by atoms with Gasteiger partial charge in [0.25, 0.3) is 0 Å². The zero-order valence-corrected chi connectivity index (χ0v) is 12.1. The normalized spacial score (nSPS) is 20.2. The minimum Gasteiger partial charge on any atom is -0.347 e. The molecular weight excluding hydrogens is 260 g/mol. The lowest BCUT2D eigenvalue weighted by Crippen LogP contribution is -2.46. The highest BCUT2D eigenvalue weighted by Gasteiger charge is 2.29. The summed E-state index contributed by atoms with van der Waals surface area (Å²) in [5.41, 5.74) is 11.4. The van der Waals surface area contributed by atoms with Crippen LogP contribution in [-0.4, -0.2) is 22.6 Å². The van der Waals surface area contributed by atoms with Gasteiger partial charge in [-0.3, -0.25) is 0 Å². The number of fused-ring (bicyclic) bond motifs is 2. The fourth-order valence-corrected chi connectivity index (χ4v) is 3.64. The second kappa shape index (κ2) is 5.11. The summed E-state index contributed by atoms with van der Waals surface area (Å²) < 4.78 is 0. The molecule has 2 aliphatic rings. The quantitative estimate of drug-likeness (QED) is 0.912. The van der Waals surface area contributed by atoms with Gasteiger partial charge in [0.15, 0.2) is 0 Å². The predicted molar refractivity (Wildman–Crippen MR) is 83.2 cm³/mol. The lowest BCUT2D eigenvalue weighted by atomic mass is 9.93. The van der Waals surface area contributed by atoms with Crippen molar-refractivity contribution in [3.63, 3.8) is 0 Å². The maximum absolute atomic E-state index is 6.05. The molecule has 1 aliphatic carbocycles. The highest BCUT2D eigenvalue weighted by atomic mass is 15.2. The first-order chi connectivity index (χ1) is 10.4. The zero-order chi connectivity index (χ0) is 14.2. The molecule has 1 unspecified atom stereocenters. The van der Waals surface area contributed by atoms with Crippen molar-refractivity contribution in [3.05, 3.63) is 53.0 Å². The van der Waals surface area contributed by atoms with E-state index in [-0.39, 0.29) is 0 Å². The Bertz CT molecular complexity index is 668. The van der Waals surface area contributed by atoms with Crippen LogP contribution in [0.15, 0.2) is 30.6 Å². The van der Waals surface area contributed by atoms with Crippen LogP contribution in [0.25, 0.3) is 0 Å². The topological polar surface area (TPSA) is 55.0 Å². The van der Waals surface area contributed by atoms with E-state index in [4.69, 9.17) is 5.73 Å². The fourth-order valence-electron chi connectivity index (χ4n) is 3.64. The molecule has 2 heterocycles. The number of aromatic nitrogens is 2. The smallest absolute Gasteiger partial charge is 0.136 e. The Balaban J connectivity index is 1.76. The van der Waals surface area contributed by atoms with Gasteiger partial charge < -0.3 is 10.6 Å². The molecule has 1 aromatic carbocycles. The van der Waals surface area contributed by atoms with E-state index >= 15 is 0 Å². The summed E-state index contributed by atoms with van der Waals surface area (Å²) in [5.74, 6) is 1.11. The second-order valence-electron chi connectivity index (χ2n) is 5.97. The number of rotatable bonds is 2. The Labute approximate surface area is 125 Å².